The van der Waals surface area contributed by atoms with Gasteiger partial charge in [-0.05, 0) is 102 Å². The molecule has 0 N–H and O–H groups in total. The zero-order valence-electron chi connectivity index (χ0n) is 12.6. The second-order valence-electron chi connectivity index (χ2n) is 10.6. The lowest BCUT2D eigenvalue weighted by Gasteiger charge is -2.24. The summed E-state index contributed by atoms with van der Waals surface area (Å²) in [6, 6.07) is 0. The Balaban J connectivity index is 1.33. The van der Waals surface area contributed by atoms with Crippen LogP contribution in [0, 0.1) is 82.9 Å². The van der Waals surface area contributed by atoms with E-state index in [2.05, 4.69) is 11.1 Å². The summed E-state index contributed by atoms with van der Waals surface area (Å²) in [5.74, 6) is 17.2. The molecule has 10 saturated carbocycles. The zero-order valence-corrected chi connectivity index (χ0v) is 12.6. The number of fused-ring (bicyclic) bond motifs is 1. The molecule has 0 nitrogen and oxygen atoms in total. The van der Waals surface area contributed by atoms with Gasteiger partial charge in [-0.25, -0.2) is 0 Å². The van der Waals surface area contributed by atoms with Crippen molar-refractivity contribution in [3.8, 4) is 0 Å². The molecule has 10 aliphatic rings. The third-order valence-electron chi connectivity index (χ3n) is 11.2. The van der Waals surface area contributed by atoms with Crippen LogP contribution in [0.4, 0.5) is 0 Å². The quantitative estimate of drug-likeness (QED) is 0.587. The zero-order chi connectivity index (χ0) is 12.8. The standard InChI is InChI=1S/C21H24/c1-2-4-7-6(3-1)10(7)15-20-16-11-8-5-9-13(11)18(20)19-14(9)12(8)17(16)21(15)19/h6-9,11-14,16-21H,1-5H2/t6-,7+,8?,9?,11?,12?,13?,14?,16?,17?,18?,19?,20?,21?. The Morgan fingerprint density at radius 1 is 0.524 bits per heavy atom. The van der Waals surface area contributed by atoms with E-state index in [4.69, 9.17) is 0 Å². The maximum absolute atomic E-state index is 2.20. The molecule has 0 saturated heterocycles. The van der Waals surface area contributed by atoms with E-state index >= 15 is 0 Å². The first-order chi connectivity index (χ1) is 10.5. The first-order valence-corrected chi connectivity index (χ1v) is 10.2. The predicted octanol–water partition coefficient (Wildman–Crippen LogP) is 3.98. The van der Waals surface area contributed by atoms with Crippen LogP contribution in [0.1, 0.15) is 32.1 Å². The highest BCUT2D eigenvalue weighted by molar-refractivity contribution is 5.51. The van der Waals surface area contributed by atoms with Gasteiger partial charge in [-0.3, -0.25) is 0 Å². The Morgan fingerprint density at radius 3 is 1.48 bits per heavy atom. The third-order valence-corrected chi connectivity index (χ3v) is 11.2. The molecular formula is C21H24. The fourth-order valence-corrected chi connectivity index (χ4v) is 11.9. The summed E-state index contributed by atoms with van der Waals surface area (Å²) in [5, 5.41) is 0. The molecule has 0 aromatic heterocycles. The molecule has 0 aliphatic heterocycles. The van der Waals surface area contributed by atoms with Crippen LogP contribution < -0.4 is 0 Å². The topological polar surface area (TPSA) is 0 Å². The normalized spacial score (nSPS) is 81.1. The lowest BCUT2D eigenvalue weighted by Crippen LogP contribution is -2.21. The van der Waals surface area contributed by atoms with Crippen LogP contribution in [0.5, 0.6) is 0 Å². The van der Waals surface area contributed by atoms with E-state index in [1.165, 1.54) is 71.0 Å². The van der Waals surface area contributed by atoms with Crippen LogP contribution in [-0.2, 0) is 0 Å². The molecule has 10 rings (SSSR count). The fourth-order valence-electron chi connectivity index (χ4n) is 11.9. The van der Waals surface area contributed by atoms with Gasteiger partial charge in [-0.1, -0.05) is 24.0 Å². The summed E-state index contributed by atoms with van der Waals surface area (Å²) < 4.78 is 0. The van der Waals surface area contributed by atoms with E-state index in [1.54, 1.807) is 32.1 Å². The van der Waals surface area contributed by atoms with Gasteiger partial charge in [0, 0.05) is 0 Å². The summed E-state index contributed by atoms with van der Waals surface area (Å²) in [5.41, 5.74) is 4.33. The second kappa shape index (κ2) is 2.49. The molecule has 21 heavy (non-hydrogen) atoms. The van der Waals surface area contributed by atoms with E-state index in [9.17, 15) is 0 Å². The average molecular weight is 276 g/mol. The molecule has 0 spiro atoms. The average Bonchev–Trinajstić information content (AvgIpc) is 3.05. The highest BCUT2D eigenvalue weighted by Crippen LogP contribution is 2.94. The summed E-state index contributed by atoms with van der Waals surface area (Å²) in [6.07, 6.45) is 7.97. The molecule has 10 atom stereocenters. The summed E-state index contributed by atoms with van der Waals surface area (Å²) >= 11 is 0. The molecule has 0 radical (unpaired) electrons. The Kier molecular flexibility index (Phi) is 1.16. The second-order valence-corrected chi connectivity index (χ2v) is 10.6. The van der Waals surface area contributed by atoms with Crippen molar-refractivity contribution < 1.29 is 0 Å². The number of hydrogen-bond donors (Lipinski definition) is 0. The molecule has 108 valence electrons. The van der Waals surface area contributed by atoms with Crippen molar-refractivity contribution in [2.24, 2.45) is 82.9 Å². The van der Waals surface area contributed by atoms with E-state index in [1.807, 2.05) is 0 Å². The van der Waals surface area contributed by atoms with E-state index in [-0.39, 0.29) is 0 Å². The van der Waals surface area contributed by atoms with Crippen molar-refractivity contribution in [2.75, 3.05) is 0 Å². The monoisotopic (exact) mass is 276 g/mol. The Bertz CT molecular complexity index is 586. The summed E-state index contributed by atoms with van der Waals surface area (Å²) in [7, 11) is 0. The van der Waals surface area contributed by atoms with Crippen molar-refractivity contribution >= 4 is 0 Å². The molecular weight excluding hydrogens is 252 g/mol. The van der Waals surface area contributed by atoms with Gasteiger partial charge < -0.3 is 0 Å². The van der Waals surface area contributed by atoms with Crippen LogP contribution in [0.3, 0.4) is 0 Å². The van der Waals surface area contributed by atoms with Crippen LogP contribution in [0.25, 0.3) is 0 Å². The van der Waals surface area contributed by atoms with E-state index in [0.29, 0.717) is 0 Å². The van der Waals surface area contributed by atoms with Crippen molar-refractivity contribution in [1.29, 1.82) is 0 Å². The molecule has 10 fully saturated rings. The fraction of sp³-hybridized carbons (Fsp3) is 0.905. The summed E-state index contributed by atoms with van der Waals surface area (Å²) in [6.45, 7) is 0. The maximum atomic E-state index is 2.20. The van der Waals surface area contributed by atoms with Crippen molar-refractivity contribution in [2.45, 2.75) is 32.1 Å². The molecule has 0 heterocycles. The van der Waals surface area contributed by atoms with Gasteiger partial charge in [0.2, 0.25) is 0 Å². The Morgan fingerprint density at radius 2 is 1.00 bits per heavy atom. The van der Waals surface area contributed by atoms with Crippen molar-refractivity contribution in [3.05, 3.63) is 11.1 Å². The maximum Gasteiger partial charge on any atom is -0.0129 e. The van der Waals surface area contributed by atoms with Gasteiger partial charge in [0.15, 0.2) is 0 Å². The molecule has 0 amide bonds. The molecule has 8 unspecified atom stereocenters. The highest BCUT2D eigenvalue weighted by Gasteiger charge is 2.90. The van der Waals surface area contributed by atoms with Gasteiger partial charge in [-0.15, -0.1) is 0 Å². The minimum Gasteiger partial charge on any atom is -0.0630 e. The first kappa shape index (κ1) is 9.78. The highest BCUT2D eigenvalue weighted by atomic mass is 14.9. The molecule has 0 heteroatoms. The van der Waals surface area contributed by atoms with Crippen LogP contribution in [0.15, 0.2) is 11.1 Å². The predicted molar refractivity (Wildman–Crippen MR) is 79.0 cm³/mol. The molecule has 0 aromatic carbocycles. The van der Waals surface area contributed by atoms with Gasteiger partial charge in [0.25, 0.3) is 0 Å². The van der Waals surface area contributed by atoms with Gasteiger partial charge >= 0.3 is 0 Å². The lowest BCUT2D eigenvalue weighted by atomic mass is 9.80. The van der Waals surface area contributed by atoms with Crippen LogP contribution >= 0.6 is 0 Å². The summed E-state index contributed by atoms with van der Waals surface area (Å²) in [4.78, 5) is 0. The number of hydrogen-bond acceptors (Lipinski definition) is 0. The molecule has 4 bridgehead atoms. The van der Waals surface area contributed by atoms with Gasteiger partial charge in [-0.2, -0.15) is 0 Å². The minimum absolute atomic E-state index is 1.12. The van der Waals surface area contributed by atoms with Crippen LogP contribution in [-0.4, -0.2) is 0 Å². The number of rotatable bonds is 0. The Labute approximate surface area is 126 Å². The van der Waals surface area contributed by atoms with E-state index in [0.717, 1.165) is 11.8 Å². The molecule has 10 aliphatic carbocycles. The van der Waals surface area contributed by atoms with Gasteiger partial charge in [0.1, 0.15) is 0 Å². The van der Waals surface area contributed by atoms with Crippen molar-refractivity contribution in [1.82, 2.24) is 0 Å². The molecule has 0 aromatic rings. The largest absolute Gasteiger partial charge is 0.0630 e. The van der Waals surface area contributed by atoms with E-state index < -0.39 is 0 Å². The number of allylic oxidation sites excluding steroid dienone is 2. The van der Waals surface area contributed by atoms with Crippen LogP contribution in [0.2, 0.25) is 0 Å². The van der Waals surface area contributed by atoms with Crippen molar-refractivity contribution in [3.63, 3.8) is 0 Å². The SMILES string of the molecule is C1CC[C@H]2C(=C3C4C5C6C7CC8C6C4C4C3C5C7C84)[C@H]2C1. The minimum atomic E-state index is 1.12. The Hall–Kier alpha value is -0.260. The smallest absolute Gasteiger partial charge is 0.0129 e. The van der Waals surface area contributed by atoms with Gasteiger partial charge in [0.05, 0.1) is 0 Å². The lowest BCUT2D eigenvalue weighted by molar-refractivity contribution is 0.220. The third kappa shape index (κ3) is 0.664. The first-order valence-electron chi connectivity index (χ1n) is 10.2.